The lowest BCUT2D eigenvalue weighted by Crippen LogP contribution is -2.33. The van der Waals surface area contributed by atoms with Crippen molar-refractivity contribution in [2.75, 3.05) is 47.1 Å². The van der Waals surface area contributed by atoms with Crippen LogP contribution in [0.1, 0.15) is 18.0 Å². The quantitative estimate of drug-likeness (QED) is 0.700. The Morgan fingerprint density at radius 3 is 2.11 bits per heavy atom. The second-order valence-corrected chi connectivity index (χ2v) is 4.63. The molecule has 0 amide bonds. The minimum atomic E-state index is 0.0915. The molecule has 0 radical (unpaired) electrons. The van der Waals surface area contributed by atoms with E-state index in [-0.39, 0.29) is 6.04 Å². The van der Waals surface area contributed by atoms with Crippen LogP contribution in [0.5, 0.6) is 0 Å². The van der Waals surface area contributed by atoms with Gasteiger partial charge in [-0.05, 0) is 12.0 Å². The molecular formula is C15H26N2O2. The van der Waals surface area contributed by atoms with Crippen molar-refractivity contribution in [1.29, 1.82) is 0 Å². The van der Waals surface area contributed by atoms with Crippen LogP contribution in [-0.4, -0.2) is 52.0 Å². The Balaban J connectivity index is 2.37. The third-order valence-electron chi connectivity index (χ3n) is 3.21. The maximum Gasteiger partial charge on any atom is 0.0589 e. The van der Waals surface area contributed by atoms with E-state index in [0.29, 0.717) is 0 Å². The smallest absolute Gasteiger partial charge is 0.0589 e. The molecule has 0 aliphatic carbocycles. The third-order valence-corrected chi connectivity index (χ3v) is 3.21. The molecule has 1 rings (SSSR count). The van der Waals surface area contributed by atoms with Gasteiger partial charge in [-0.3, -0.25) is 4.90 Å². The highest BCUT2D eigenvalue weighted by atomic mass is 16.5. The zero-order chi connectivity index (χ0) is 13.9. The molecule has 1 aromatic rings. The number of hydrogen-bond acceptors (Lipinski definition) is 4. The van der Waals surface area contributed by atoms with Crippen LogP contribution in [0, 0.1) is 0 Å². The lowest BCUT2D eigenvalue weighted by Gasteiger charge is -2.23. The molecule has 4 nitrogen and oxygen atoms in total. The summed E-state index contributed by atoms with van der Waals surface area (Å²) < 4.78 is 10.3. The van der Waals surface area contributed by atoms with E-state index in [1.165, 1.54) is 5.56 Å². The molecule has 1 unspecified atom stereocenters. The van der Waals surface area contributed by atoms with E-state index in [1.807, 2.05) is 18.2 Å². The minimum Gasteiger partial charge on any atom is -0.383 e. The van der Waals surface area contributed by atoms with Gasteiger partial charge in [0.15, 0.2) is 0 Å². The predicted molar refractivity (Wildman–Crippen MR) is 78.2 cm³/mol. The molecule has 0 heterocycles. The van der Waals surface area contributed by atoms with Crippen LogP contribution >= 0.6 is 0 Å². The lowest BCUT2D eigenvalue weighted by molar-refractivity contribution is 0.112. The van der Waals surface area contributed by atoms with Crippen molar-refractivity contribution in [3.63, 3.8) is 0 Å². The number of hydrogen-bond donors (Lipinski definition) is 1. The van der Waals surface area contributed by atoms with Gasteiger partial charge in [-0.1, -0.05) is 30.3 Å². The Morgan fingerprint density at radius 2 is 1.58 bits per heavy atom. The molecule has 0 aromatic heterocycles. The van der Waals surface area contributed by atoms with Gasteiger partial charge in [-0.15, -0.1) is 0 Å². The molecule has 0 saturated carbocycles. The van der Waals surface area contributed by atoms with Crippen LogP contribution in [0.25, 0.3) is 0 Å². The first-order valence-electron chi connectivity index (χ1n) is 6.78. The van der Waals surface area contributed by atoms with Crippen LogP contribution in [-0.2, 0) is 9.47 Å². The summed E-state index contributed by atoms with van der Waals surface area (Å²) in [4.78, 5) is 2.33. The van der Waals surface area contributed by atoms with Crippen LogP contribution < -0.4 is 5.73 Å². The first-order chi connectivity index (χ1) is 9.27. The molecule has 2 N–H and O–H groups in total. The SMILES string of the molecule is COCCN(CCOC)CCC(N)c1ccccc1. The summed E-state index contributed by atoms with van der Waals surface area (Å²) >= 11 is 0. The molecule has 0 spiro atoms. The first kappa shape index (κ1) is 16.1. The number of ether oxygens (including phenoxy) is 2. The predicted octanol–water partition coefficient (Wildman–Crippen LogP) is 1.67. The molecule has 108 valence electrons. The van der Waals surface area contributed by atoms with E-state index in [2.05, 4.69) is 17.0 Å². The van der Waals surface area contributed by atoms with Gasteiger partial charge in [0.05, 0.1) is 13.2 Å². The second kappa shape index (κ2) is 9.92. The summed E-state index contributed by atoms with van der Waals surface area (Å²) in [5.41, 5.74) is 7.41. The molecular weight excluding hydrogens is 240 g/mol. The summed E-state index contributed by atoms with van der Waals surface area (Å²) in [6, 6.07) is 10.3. The van der Waals surface area contributed by atoms with Crippen molar-refractivity contribution in [2.24, 2.45) is 5.73 Å². The summed E-state index contributed by atoms with van der Waals surface area (Å²) in [6.45, 7) is 4.28. The fourth-order valence-corrected chi connectivity index (χ4v) is 1.96. The van der Waals surface area contributed by atoms with Crippen molar-refractivity contribution in [3.05, 3.63) is 35.9 Å². The van der Waals surface area contributed by atoms with Crippen molar-refractivity contribution in [1.82, 2.24) is 4.90 Å². The highest BCUT2D eigenvalue weighted by molar-refractivity contribution is 5.18. The van der Waals surface area contributed by atoms with Crippen LogP contribution in [0.2, 0.25) is 0 Å². The van der Waals surface area contributed by atoms with E-state index < -0.39 is 0 Å². The van der Waals surface area contributed by atoms with Gasteiger partial charge >= 0.3 is 0 Å². The number of methoxy groups -OCH3 is 2. The highest BCUT2D eigenvalue weighted by Gasteiger charge is 2.09. The largest absolute Gasteiger partial charge is 0.383 e. The molecule has 1 aromatic carbocycles. The van der Waals surface area contributed by atoms with Crippen LogP contribution in [0.3, 0.4) is 0 Å². The maximum absolute atomic E-state index is 6.21. The number of benzene rings is 1. The Labute approximate surface area is 116 Å². The molecule has 0 aliphatic rings. The van der Waals surface area contributed by atoms with Gasteiger partial charge in [0, 0.05) is 39.9 Å². The number of nitrogens with two attached hydrogens (primary N) is 1. The topological polar surface area (TPSA) is 47.7 Å². The molecule has 0 saturated heterocycles. The molecule has 0 aliphatic heterocycles. The van der Waals surface area contributed by atoms with E-state index >= 15 is 0 Å². The fraction of sp³-hybridized carbons (Fsp3) is 0.600. The van der Waals surface area contributed by atoms with Gasteiger partial charge in [-0.2, -0.15) is 0 Å². The minimum absolute atomic E-state index is 0.0915. The average Bonchev–Trinajstić information content (AvgIpc) is 2.47. The zero-order valence-corrected chi connectivity index (χ0v) is 12.0. The van der Waals surface area contributed by atoms with Crippen molar-refractivity contribution >= 4 is 0 Å². The van der Waals surface area contributed by atoms with E-state index in [0.717, 1.165) is 39.3 Å². The molecule has 0 bridgehead atoms. The normalized spacial score (nSPS) is 12.8. The van der Waals surface area contributed by atoms with Gasteiger partial charge in [0.2, 0.25) is 0 Å². The molecule has 1 atom stereocenters. The monoisotopic (exact) mass is 266 g/mol. The number of nitrogens with zero attached hydrogens (tertiary/aromatic N) is 1. The average molecular weight is 266 g/mol. The van der Waals surface area contributed by atoms with Gasteiger partial charge < -0.3 is 15.2 Å². The summed E-state index contributed by atoms with van der Waals surface area (Å²) in [6.07, 6.45) is 0.942. The van der Waals surface area contributed by atoms with Crippen LogP contribution in [0.15, 0.2) is 30.3 Å². The van der Waals surface area contributed by atoms with Crippen molar-refractivity contribution in [2.45, 2.75) is 12.5 Å². The molecule has 4 heteroatoms. The Bertz CT molecular complexity index is 311. The first-order valence-corrected chi connectivity index (χ1v) is 6.78. The number of rotatable bonds is 10. The standard InChI is InChI=1S/C15H26N2O2/c1-18-12-10-17(11-13-19-2)9-8-15(16)14-6-4-3-5-7-14/h3-7,15H,8-13,16H2,1-2H3. The van der Waals surface area contributed by atoms with Gasteiger partial charge in [0.1, 0.15) is 0 Å². The van der Waals surface area contributed by atoms with E-state index in [4.69, 9.17) is 15.2 Å². The summed E-state index contributed by atoms with van der Waals surface area (Å²) in [5, 5.41) is 0. The lowest BCUT2D eigenvalue weighted by atomic mass is 10.0. The fourth-order valence-electron chi connectivity index (χ4n) is 1.96. The Hall–Kier alpha value is -0.940. The maximum atomic E-state index is 6.21. The van der Waals surface area contributed by atoms with Crippen molar-refractivity contribution in [3.8, 4) is 0 Å². The van der Waals surface area contributed by atoms with E-state index in [1.54, 1.807) is 14.2 Å². The summed E-state index contributed by atoms with van der Waals surface area (Å²) in [5.74, 6) is 0. The Kier molecular flexibility index (Phi) is 8.41. The van der Waals surface area contributed by atoms with Crippen LogP contribution in [0.4, 0.5) is 0 Å². The zero-order valence-electron chi connectivity index (χ0n) is 12.0. The summed E-state index contributed by atoms with van der Waals surface area (Å²) in [7, 11) is 3.45. The Morgan fingerprint density at radius 1 is 1.00 bits per heavy atom. The van der Waals surface area contributed by atoms with E-state index in [9.17, 15) is 0 Å². The molecule has 0 fully saturated rings. The van der Waals surface area contributed by atoms with Crippen molar-refractivity contribution < 1.29 is 9.47 Å². The third kappa shape index (κ3) is 6.68. The second-order valence-electron chi connectivity index (χ2n) is 4.63. The highest BCUT2D eigenvalue weighted by Crippen LogP contribution is 2.13. The molecule has 19 heavy (non-hydrogen) atoms. The van der Waals surface area contributed by atoms with Gasteiger partial charge in [-0.25, -0.2) is 0 Å². The van der Waals surface area contributed by atoms with Gasteiger partial charge in [0.25, 0.3) is 0 Å².